The van der Waals surface area contributed by atoms with Crippen LogP contribution in [0.5, 0.6) is 11.5 Å². The number of carbonyl (C=O) groups excluding carboxylic acids is 1. The molecule has 162 valence electrons. The van der Waals surface area contributed by atoms with Gasteiger partial charge in [-0.1, -0.05) is 24.3 Å². The van der Waals surface area contributed by atoms with Crippen LogP contribution >= 0.6 is 0 Å². The molecule has 7 nitrogen and oxygen atoms in total. The highest BCUT2D eigenvalue weighted by Crippen LogP contribution is 2.31. The summed E-state index contributed by atoms with van der Waals surface area (Å²) in [6.45, 7) is 3.16. The Morgan fingerprint density at radius 1 is 1.06 bits per heavy atom. The number of rotatable bonds is 6. The van der Waals surface area contributed by atoms with Gasteiger partial charge < -0.3 is 15.2 Å². The summed E-state index contributed by atoms with van der Waals surface area (Å²) in [4.78, 5) is 13.1. The number of carbonyl (C=O) groups is 1. The van der Waals surface area contributed by atoms with Crippen molar-refractivity contribution in [3.63, 3.8) is 0 Å². The van der Waals surface area contributed by atoms with Crippen molar-refractivity contribution in [3.8, 4) is 11.5 Å². The third kappa shape index (κ3) is 4.22. The Morgan fingerprint density at radius 2 is 1.74 bits per heavy atom. The number of amides is 1. The number of anilines is 1. The molecule has 31 heavy (non-hydrogen) atoms. The number of aromatic hydroxyl groups is 1. The summed E-state index contributed by atoms with van der Waals surface area (Å²) >= 11 is 0. The van der Waals surface area contributed by atoms with E-state index in [0.29, 0.717) is 31.0 Å². The minimum absolute atomic E-state index is 0.0286. The zero-order valence-electron chi connectivity index (χ0n) is 17.2. The van der Waals surface area contributed by atoms with Crippen molar-refractivity contribution in [2.75, 3.05) is 25.0 Å². The predicted molar refractivity (Wildman–Crippen MR) is 119 cm³/mol. The van der Waals surface area contributed by atoms with E-state index in [1.165, 1.54) is 22.5 Å². The van der Waals surface area contributed by atoms with Gasteiger partial charge in [0, 0.05) is 13.1 Å². The highest BCUT2D eigenvalue weighted by molar-refractivity contribution is 7.89. The Balaban J connectivity index is 1.68. The van der Waals surface area contributed by atoms with Crippen molar-refractivity contribution in [2.24, 2.45) is 0 Å². The second kappa shape index (κ2) is 8.56. The maximum atomic E-state index is 13.1. The Labute approximate surface area is 181 Å². The van der Waals surface area contributed by atoms with Crippen LogP contribution in [0.4, 0.5) is 5.69 Å². The molecule has 1 aliphatic heterocycles. The van der Waals surface area contributed by atoms with Crippen molar-refractivity contribution < 1.29 is 23.1 Å². The SMILES string of the molecule is CCOc1cc2ccccc2cc1C(=O)Nc1cc(S(=O)(=O)N2CCCC2)ccc1O. The first-order valence-electron chi connectivity index (χ1n) is 10.2. The fourth-order valence-electron chi connectivity index (χ4n) is 3.71. The number of nitrogens with one attached hydrogen (secondary N) is 1. The minimum atomic E-state index is -3.68. The molecule has 1 amide bonds. The largest absolute Gasteiger partial charge is 0.506 e. The van der Waals surface area contributed by atoms with Crippen molar-refractivity contribution >= 4 is 32.4 Å². The number of hydrogen-bond donors (Lipinski definition) is 2. The molecule has 1 fully saturated rings. The first-order chi connectivity index (χ1) is 14.9. The average molecular weight is 441 g/mol. The summed E-state index contributed by atoms with van der Waals surface area (Å²) in [7, 11) is -3.68. The number of sulfonamides is 1. The molecule has 0 spiro atoms. The van der Waals surface area contributed by atoms with E-state index in [-0.39, 0.29) is 16.3 Å². The molecule has 0 unspecified atom stereocenters. The lowest BCUT2D eigenvalue weighted by atomic mass is 10.1. The highest BCUT2D eigenvalue weighted by Gasteiger charge is 2.28. The molecule has 0 radical (unpaired) electrons. The maximum Gasteiger partial charge on any atom is 0.259 e. The average Bonchev–Trinajstić information content (AvgIpc) is 3.31. The lowest BCUT2D eigenvalue weighted by Gasteiger charge is -2.17. The Kier molecular flexibility index (Phi) is 5.84. The third-order valence-electron chi connectivity index (χ3n) is 5.31. The Bertz CT molecular complexity index is 1230. The normalized spacial score (nSPS) is 14.6. The zero-order chi connectivity index (χ0) is 22.0. The maximum absolute atomic E-state index is 13.1. The van der Waals surface area contributed by atoms with Crippen LogP contribution in [0.1, 0.15) is 30.1 Å². The molecule has 0 aliphatic carbocycles. The second-order valence-electron chi connectivity index (χ2n) is 7.37. The van der Waals surface area contributed by atoms with Gasteiger partial charge in [-0.2, -0.15) is 4.31 Å². The van der Waals surface area contributed by atoms with Gasteiger partial charge in [-0.3, -0.25) is 4.79 Å². The van der Waals surface area contributed by atoms with Crippen molar-refractivity contribution in [1.29, 1.82) is 0 Å². The predicted octanol–water partition coefficient (Wildman–Crippen LogP) is 3.98. The summed E-state index contributed by atoms with van der Waals surface area (Å²) in [5, 5.41) is 14.7. The number of fused-ring (bicyclic) bond motifs is 1. The van der Waals surface area contributed by atoms with E-state index in [1.807, 2.05) is 31.2 Å². The summed E-state index contributed by atoms with van der Waals surface area (Å²) in [5.74, 6) is -0.299. The highest BCUT2D eigenvalue weighted by atomic mass is 32.2. The first-order valence-corrected chi connectivity index (χ1v) is 11.6. The number of phenols is 1. The van der Waals surface area contributed by atoms with Crippen LogP contribution in [-0.2, 0) is 10.0 Å². The lowest BCUT2D eigenvalue weighted by molar-refractivity contribution is 0.102. The van der Waals surface area contributed by atoms with Crippen LogP contribution in [-0.4, -0.2) is 43.4 Å². The fourth-order valence-corrected chi connectivity index (χ4v) is 5.26. The van der Waals surface area contributed by atoms with Gasteiger partial charge in [0.25, 0.3) is 5.91 Å². The van der Waals surface area contributed by atoms with Gasteiger partial charge >= 0.3 is 0 Å². The van der Waals surface area contributed by atoms with Gasteiger partial charge in [-0.25, -0.2) is 8.42 Å². The van der Waals surface area contributed by atoms with E-state index in [0.717, 1.165) is 23.6 Å². The molecular formula is C23H24N2O5S. The molecule has 4 rings (SSSR count). The van der Waals surface area contributed by atoms with Gasteiger partial charge in [-0.05, 0) is 60.9 Å². The number of benzene rings is 3. The van der Waals surface area contributed by atoms with Crippen LogP contribution in [0.2, 0.25) is 0 Å². The number of phenolic OH excluding ortho intramolecular Hbond substituents is 1. The molecular weight excluding hydrogens is 416 g/mol. The van der Waals surface area contributed by atoms with E-state index in [1.54, 1.807) is 12.1 Å². The van der Waals surface area contributed by atoms with Gasteiger partial charge in [-0.15, -0.1) is 0 Å². The molecule has 0 atom stereocenters. The fraction of sp³-hybridized carbons (Fsp3) is 0.261. The lowest BCUT2D eigenvalue weighted by Crippen LogP contribution is -2.28. The monoisotopic (exact) mass is 440 g/mol. The smallest absolute Gasteiger partial charge is 0.259 e. The van der Waals surface area contributed by atoms with Crippen molar-refractivity contribution in [3.05, 3.63) is 60.2 Å². The molecule has 0 bridgehead atoms. The summed E-state index contributed by atoms with van der Waals surface area (Å²) in [5.41, 5.74) is 0.327. The molecule has 1 saturated heterocycles. The zero-order valence-corrected chi connectivity index (χ0v) is 18.0. The molecule has 8 heteroatoms. The molecule has 3 aromatic carbocycles. The topological polar surface area (TPSA) is 95.9 Å². The van der Waals surface area contributed by atoms with Crippen LogP contribution in [0.25, 0.3) is 10.8 Å². The number of ether oxygens (including phenoxy) is 1. The molecule has 0 saturated carbocycles. The van der Waals surface area contributed by atoms with E-state index in [2.05, 4.69) is 5.32 Å². The van der Waals surface area contributed by atoms with Crippen LogP contribution in [0, 0.1) is 0 Å². The number of nitrogens with zero attached hydrogens (tertiary/aromatic N) is 1. The van der Waals surface area contributed by atoms with Gasteiger partial charge in [0.15, 0.2) is 0 Å². The minimum Gasteiger partial charge on any atom is -0.506 e. The van der Waals surface area contributed by atoms with Gasteiger partial charge in [0.2, 0.25) is 10.0 Å². The van der Waals surface area contributed by atoms with Crippen molar-refractivity contribution in [2.45, 2.75) is 24.7 Å². The summed E-state index contributed by atoms with van der Waals surface area (Å²) in [6.07, 6.45) is 1.64. The summed E-state index contributed by atoms with van der Waals surface area (Å²) < 4.78 is 32.8. The van der Waals surface area contributed by atoms with E-state index < -0.39 is 15.9 Å². The molecule has 2 N–H and O–H groups in total. The standard InChI is InChI=1S/C23H24N2O5S/c1-2-30-22-14-17-8-4-3-7-16(17)13-19(22)23(27)24-20-15-18(9-10-21(20)26)31(28,29)25-11-5-6-12-25/h3-4,7-10,13-15,26H,2,5-6,11-12H2,1H3,(H,24,27). The number of hydrogen-bond acceptors (Lipinski definition) is 5. The summed E-state index contributed by atoms with van der Waals surface area (Å²) in [6, 6.07) is 15.0. The Hall–Kier alpha value is -3.10. The van der Waals surface area contributed by atoms with Gasteiger partial charge in [0.05, 0.1) is 22.8 Å². The third-order valence-corrected chi connectivity index (χ3v) is 7.21. The quantitative estimate of drug-likeness (QED) is 0.565. The molecule has 1 aliphatic rings. The van der Waals surface area contributed by atoms with E-state index in [4.69, 9.17) is 4.74 Å². The van der Waals surface area contributed by atoms with Crippen molar-refractivity contribution in [1.82, 2.24) is 4.31 Å². The molecule has 3 aromatic rings. The molecule has 0 aromatic heterocycles. The van der Waals surface area contributed by atoms with Crippen LogP contribution in [0.15, 0.2) is 59.5 Å². The van der Waals surface area contributed by atoms with Crippen LogP contribution in [0.3, 0.4) is 0 Å². The molecule has 1 heterocycles. The second-order valence-corrected chi connectivity index (χ2v) is 9.31. The first kappa shape index (κ1) is 21.1. The van der Waals surface area contributed by atoms with E-state index in [9.17, 15) is 18.3 Å². The van der Waals surface area contributed by atoms with Gasteiger partial charge in [0.1, 0.15) is 11.5 Å². The van der Waals surface area contributed by atoms with E-state index >= 15 is 0 Å². The Morgan fingerprint density at radius 3 is 2.42 bits per heavy atom. The van der Waals surface area contributed by atoms with Crippen LogP contribution < -0.4 is 10.1 Å².